The van der Waals surface area contributed by atoms with Crippen molar-refractivity contribution in [3.8, 4) is 6.07 Å². The Kier molecular flexibility index (Phi) is 6.45. The Morgan fingerprint density at radius 3 is 2.64 bits per heavy atom. The van der Waals surface area contributed by atoms with E-state index in [1.54, 1.807) is 18.2 Å². The lowest BCUT2D eigenvalue weighted by molar-refractivity contribution is -0.123. The third-order valence-electron chi connectivity index (χ3n) is 3.34. The minimum Gasteiger partial charge on any atom is -0.449 e. The first-order valence-electron chi connectivity index (χ1n) is 7.30. The van der Waals surface area contributed by atoms with E-state index < -0.39 is 18.0 Å². The molecule has 0 unspecified atom stereocenters. The molecule has 0 saturated heterocycles. The standard InChI is InChI=1S/C18H15ClN2O3S/c1-11(24-18(23)14-5-3-4-6-16(14)25-2)17(22)21-13-8-7-12(10-20)15(19)9-13/h3-9,11H,1-2H3,(H,21,22)/t11-/m0/s1. The number of anilines is 1. The Morgan fingerprint density at radius 1 is 1.28 bits per heavy atom. The van der Waals surface area contributed by atoms with E-state index in [0.29, 0.717) is 16.8 Å². The molecule has 5 nitrogen and oxygen atoms in total. The van der Waals surface area contributed by atoms with Crippen molar-refractivity contribution in [2.45, 2.75) is 17.9 Å². The van der Waals surface area contributed by atoms with Gasteiger partial charge in [0.1, 0.15) is 6.07 Å². The fraction of sp³-hybridized carbons (Fsp3) is 0.167. The summed E-state index contributed by atoms with van der Waals surface area (Å²) in [6.45, 7) is 1.49. The third-order valence-corrected chi connectivity index (χ3v) is 4.45. The van der Waals surface area contributed by atoms with Crippen LogP contribution < -0.4 is 5.32 Å². The number of nitrogens with one attached hydrogen (secondary N) is 1. The van der Waals surface area contributed by atoms with Gasteiger partial charge in [0.05, 0.1) is 16.1 Å². The second-order valence-electron chi connectivity index (χ2n) is 5.04. The van der Waals surface area contributed by atoms with Crippen LogP contribution in [0, 0.1) is 11.3 Å². The monoisotopic (exact) mass is 374 g/mol. The molecule has 0 fully saturated rings. The summed E-state index contributed by atoms with van der Waals surface area (Å²) in [5, 5.41) is 11.7. The molecular weight excluding hydrogens is 360 g/mol. The second-order valence-corrected chi connectivity index (χ2v) is 6.30. The quantitative estimate of drug-likeness (QED) is 0.629. The molecule has 2 aromatic carbocycles. The van der Waals surface area contributed by atoms with Gasteiger partial charge in [-0.05, 0) is 43.5 Å². The molecule has 7 heteroatoms. The van der Waals surface area contributed by atoms with E-state index in [9.17, 15) is 9.59 Å². The van der Waals surface area contributed by atoms with E-state index in [1.165, 1.54) is 30.8 Å². The van der Waals surface area contributed by atoms with Crippen molar-refractivity contribution in [3.05, 3.63) is 58.6 Å². The molecule has 0 spiro atoms. The predicted octanol–water partition coefficient (Wildman–Crippen LogP) is 4.12. The van der Waals surface area contributed by atoms with E-state index in [-0.39, 0.29) is 5.02 Å². The fourth-order valence-corrected chi connectivity index (χ4v) is 2.83. The average molecular weight is 375 g/mol. The van der Waals surface area contributed by atoms with Crippen LogP contribution in [0.3, 0.4) is 0 Å². The first kappa shape index (κ1) is 18.8. The highest BCUT2D eigenvalue weighted by Gasteiger charge is 2.21. The topological polar surface area (TPSA) is 79.2 Å². The number of ether oxygens (including phenoxy) is 1. The van der Waals surface area contributed by atoms with Gasteiger partial charge in [0, 0.05) is 10.6 Å². The van der Waals surface area contributed by atoms with Crippen LogP contribution in [-0.2, 0) is 9.53 Å². The largest absolute Gasteiger partial charge is 0.449 e. The summed E-state index contributed by atoms with van der Waals surface area (Å²) in [5.41, 5.74) is 1.14. The minimum atomic E-state index is -0.989. The SMILES string of the molecule is CSc1ccccc1C(=O)O[C@@H](C)C(=O)Nc1ccc(C#N)c(Cl)c1. The van der Waals surface area contributed by atoms with Crippen molar-refractivity contribution in [2.24, 2.45) is 0 Å². The summed E-state index contributed by atoms with van der Waals surface area (Å²) in [7, 11) is 0. The van der Waals surface area contributed by atoms with E-state index in [4.69, 9.17) is 21.6 Å². The molecule has 2 aromatic rings. The maximum absolute atomic E-state index is 12.3. The molecule has 1 amide bonds. The number of carbonyl (C=O) groups is 2. The summed E-state index contributed by atoms with van der Waals surface area (Å²) in [5.74, 6) is -1.05. The van der Waals surface area contributed by atoms with Crippen LogP contribution in [0.5, 0.6) is 0 Å². The lowest BCUT2D eigenvalue weighted by atomic mass is 10.2. The molecule has 128 valence electrons. The second kappa shape index (κ2) is 8.56. The molecule has 0 aliphatic carbocycles. The van der Waals surface area contributed by atoms with E-state index >= 15 is 0 Å². The fourth-order valence-electron chi connectivity index (χ4n) is 2.02. The Hall–Kier alpha value is -2.49. The van der Waals surface area contributed by atoms with Gasteiger partial charge in [-0.3, -0.25) is 4.79 Å². The Balaban J connectivity index is 2.04. The molecule has 0 aliphatic rings. The Labute approximate surface area is 154 Å². The molecule has 0 aliphatic heterocycles. The lowest BCUT2D eigenvalue weighted by Crippen LogP contribution is -2.30. The van der Waals surface area contributed by atoms with Crippen LogP contribution in [0.25, 0.3) is 0 Å². The summed E-state index contributed by atoms with van der Waals surface area (Å²) in [6.07, 6.45) is 0.869. The van der Waals surface area contributed by atoms with Crippen molar-refractivity contribution in [3.63, 3.8) is 0 Å². The average Bonchev–Trinajstić information content (AvgIpc) is 2.61. The number of nitriles is 1. The zero-order valence-electron chi connectivity index (χ0n) is 13.6. The van der Waals surface area contributed by atoms with Crippen LogP contribution >= 0.6 is 23.4 Å². The van der Waals surface area contributed by atoms with Crippen LogP contribution in [0.4, 0.5) is 5.69 Å². The highest BCUT2D eigenvalue weighted by Crippen LogP contribution is 2.22. The van der Waals surface area contributed by atoms with Gasteiger partial charge in [-0.15, -0.1) is 11.8 Å². The molecule has 0 aromatic heterocycles. The van der Waals surface area contributed by atoms with Gasteiger partial charge in [0.25, 0.3) is 5.91 Å². The molecule has 2 rings (SSSR count). The number of benzene rings is 2. The van der Waals surface area contributed by atoms with Gasteiger partial charge >= 0.3 is 5.97 Å². The number of esters is 1. The number of halogens is 1. The minimum absolute atomic E-state index is 0.235. The van der Waals surface area contributed by atoms with Gasteiger partial charge in [-0.1, -0.05) is 23.7 Å². The summed E-state index contributed by atoms with van der Waals surface area (Å²) >= 11 is 7.35. The van der Waals surface area contributed by atoms with Crippen molar-refractivity contribution in [1.29, 1.82) is 5.26 Å². The molecular formula is C18H15ClN2O3S. The normalized spacial score (nSPS) is 11.3. The zero-order chi connectivity index (χ0) is 18.4. The summed E-state index contributed by atoms with van der Waals surface area (Å²) in [4.78, 5) is 25.2. The number of thioether (sulfide) groups is 1. The number of hydrogen-bond acceptors (Lipinski definition) is 5. The third kappa shape index (κ3) is 4.75. The molecule has 0 radical (unpaired) electrons. The van der Waals surface area contributed by atoms with E-state index in [2.05, 4.69) is 5.32 Å². The van der Waals surface area contributed by atoms with Crippen LogP contribution in [0.2, 0.25) is 5.02 Å². The van der Waals surface area contributed by atoms with Gasteiger partial charge in [0.15, 0.2) is 6.10 Å². The first-order valence-corrected chi connectivity index (χ1v) is 8.91. The van der Waals surface area contributed by atoms with E-state index in [0.717, 1.165) is 4.90 Å². The number of rotatable bonds is 5. The number of hydrogen-bond donors (Lipinski definition) is 1. The molecule has 0 bridgehead atoms. The van der Waals surface area contributed by atoms with Crippen LogP contribution in [0.1, 0.15) is 22.8 Å². The summed E-state index contributed by atoms with van der Waals surface area (Å²) in [6, 6.07) is 13.5. The highest BCUT2D eigenvalue weighted by atomic mass is 35.5. The maximum Gasteiger partial charge on any atom is 0.340 e. The molecule has 0 saturated carbocycles. The smallest absolute Gasteiger partial charge is 0.340 e. The maximum atomic E-state index is 12.3. The number of nitrogens with zero attached hydrogens (tertiary/aromatic N) is 1. The number of carbonyl (C=O) groups excluding carboxylic acids is 2. The first-order chi connectivity index (χ1) is 12.0. The Morgan fingerprint density at radius 2 is 2.00 bits per heavy atom. The summed E-state index contributed by atoms with van der Waals surface area (Å²) < 4.78 is 5.24. The predicted molar refractivity (Wildman–Crippen MR) is 97.9 cm³/mol. The van der Waals surface area contributed by atoms with Gasteiger partial charge in [0.2, 0.25) is 0 Å². The van der Waals surface area contributed by atoms with Crippen molar-refractivity contribution < 1.29 is 14.3 Å². The van der Waals surface area contributed by atoms with Gasteiger partial charge in [-0.25, -0.2) is 4.79 Å². The van der Waals surface area contributed by atoms with Gasteiger partial charge < -0.3 is 10.1 Å². The molecule has 1 atom stereocenters. The van der Waals surface area contributed by atoms with Crippen molar-refractivity contribution in [2.75, 3.05) is 11.6 Å². The Bertz CT molecular complexity index is 848. The van der Waals surface area contributed by atoms with E-state index in [1.807, 2.05) is 24.5 Å². The number of amides is 1. The van der Waals surface area contributed by atoms with Gasteiger partial charge in [-0.2, -0.15) is 5.26 Å². The molecule has 1 N–H and O–H groups in total. The van der Waals surface area contributed by atoms with Crippen LogP contribution in [-0.4, -0.2) is 24.2 Å². The highest BCUT2D eigenvalue weighted by molar-refractivity contribution is 7.98. The molecule has 0 heterocycles. The lowest BCUT2D eigenvalue weighted by Gasteiger charge is -2.15. The zero-order valence-corrected chi connectivity index (χ0v) is 15.1. The van der Waals surface area contributed by atoms with Crippen molar-refractivity contribution >= 4 is 40.9 Å². The molecule has 25 heavy (non-hydrogen) atoms. The van der Waals surface area contributed by atoms with Crippen LogP contribution in [0.15, 0.2) is 47.4 Å². The van der Waals surface area contributed by atoms with Crippen molar-refractivity contribution in [1.82, 2.24) is 0 Å².